The number of hydrogen-bond acceptors (Lipinski definition) is 8. The molecule has 5 N–H and O–H groups in total. The zero-order valence-electron chi connectivity index (χ0n) is 18.8. The molecule has 0 aliphatic carbocycles. The predicted molar refractivity (Wildman–Crippen MR) is 128 cm³/mol. The van der Waals surface area contributed by atoms with E-state index in [9.17, 15) is 23.5 Å². The molecule has 16 heteroatoms. The highest BCUT2D eigenvalue weighted by Gasteiger charge is 2.39. The van der Waals surface area contributed by atoms with Crippen molar-refractivity contribution in [1.82, 2.24) is 14.8 Å². The van der Waals surface area contributed by atoms with E-state index in [0.29, 0.717) is 16.6 Å². The summed E-state index contributed by atoms with van der Waals surface area (Å²) in [6, 6.07) is 7.49. The van der Waals surface area contributed by atoms with Gasteiger partial charge in [0, 0.05) is 12.0 Å². The first-order chi connectivity index (χ1) is 16.8. The maximum Gasteiger partial charge on any atom is 0.340 e. The highest BCUT2D eigenvalue weighted by Crippen LogP contribution is 2.55. The van der Waals surface area contributed by atoms with Crippen molar-refractivity contribution in [3.05, 3.63) is 53.1 Å². The third kappa shape index (κ3) is 6.31. The third-order valence-corrected chi connectivity index (χ3v) is 9.16. The maximum atomic E-state index is 14.2. The summed E-state index contributed by atoms with van der Waals surface area (Å²) in [6.07, 6.45) is -1.52. The Labute approximate surface area is 209 Å². The smallest absolute Gasteiger partial charge is 0.340 e. The fourth-order valence-electron chi connectivity index (χ4n) is 3.96. The highest BCUT2D eigenvalue weighted by molar-refractivity contribution is 7.70. The summed E-state index contributed by atoms with van der Waals surface area (Å²) in [5, 5.41) is 18.7. The Kier molecular flexibility index (Phi) is 7.87. The lowest BCUT2D eigenvalue weighted by atomic mass is 10.1. The number of anilines is 1. The number of rotatable bonds is 9. The van der Waals surface area contributed by atoms with Gasteiger partial charge in [-0.3, -0.25) is 9.13 Å². The molecule has 1 aliphatic rings. The number of halogens is 2. The molecule has 1 fully saturated rings. The second-order valence-corrected chi connectivity index (χ2v) is 12.8. The van der Waals surface area contributed by atoms with E-state index in [0.717, 1.165) is 0 Å². The van der Waals surface area contributed by atoms with Crippen molar-refractivity contribution in [1.29, 1.82) is 0 Å². The summed E-state index contributed by atoms with van der Waals surface area (Å²) in [5.74, 6) is -1.69. The van der Waals surface area contributed by atoms with E-state index in [4.69, 9.17) is 30.6 Å². The zero-order valence-corrected chi connectivity index (χ0v) is 21.4. The lowest BCUT2D eigenvalue weighted by molar-refractivity contribution is -0.0527. The van der Waals surface area contributed by atoms with Crippen molar-refractivity contribution >= 4 is 43.5 Å². The van der Waals surface area contributed by atoms with Gasteiger partial charge in [-0.25, -0.2) is 14.1 Å². The van der Waals surface area contributed by atoms with Crippen LogP contribution >= 0.6 is 26.8 Å². The molecule has 0 bridgehead atoms. The van der Waals surface area contributed by atoms with Crippen molar-refractivity contribution in [2.75, 3.05) is 17.8 Å². The highest BCUT2D eigenvalue weighted by atomic mass is 35.5. The topological polar surface area (TPSA) is 176 Å². The molecule has 5 atom stereocenters. The monoisotopic (exact) mass is 564 g/mol. The molecule has 2 aromatic heterocycles. The number of ether oxygens (including phenoxy) is 1. The van der Waals surface area contributed by atoms with Crippen molar-refractivity contribution in [3.63, 3.8) is 0 Å². The average Bonchev–Trinajstić information content (AvgIpc) is 3.34. The molecule has 1 aliphatic heterocycles. The van der Waals surface area contributed by atoms with E-state index < -0.39 is 52.2 Å². The fourth-order valence-corrected chi connectivity index (χ4v) is 6.74. The molecular formula is C20H24ClFN4O8P2. The van der Waals surface area contributed by atoms with Crippen LogP contribution in [0.15, 0.2) is 36.5 Å². The van der Waals surface area contributed by atoms with Gasteiger partial charge in [0.05, 0.1) is 36.0 Å². The molecular weight excluding hydrogens is 541 g/mol. The molecule has 4 rings (SSSR count). The molecule has 0 spiro atoms. The summed E-state index contributed by atoms with van der Waals surface area (Å²) in [6.45, 7) is 1.30. The zero-order chi connectivity index (χ0) is 26.3. The molecule has 3 aromatic rings. The molecule has 12 nitrogen and oxygen atoms in total. The standard InChI is InChI=1S/C20H24ClFN4O8P2/c1-11(13-4-2-3-5-15(13)22)24-16-7-18(21)25-19-14(16)8-23-26(19)20-17(27)6-12(34-20)9-33-36(31,32)10-35(28,29)30/h2-5,7-8,11-12,17,20,27H,6,9-10H2,1H3,(H,24,25)(H,31,32)(H2,28,29,30)/t11-,12-,17+,20+/m0/s1. The Hall–Kier alpha value is -1.92. The quantitative estimate of drug-likeness (QED) is 0.190. The minimum Gasteiger partial charge on any atom is -0.388 e. The average molecular weight is 565 g/mol. The number of aromatic nitrogens is 3. The minimum absolute atomic E-state index is 0.00206. The first-order valence-corrected chi connectivity index (χ1v) is 14.7. The number of pyridine rings is 1. The number of benzene rings is 1. The Morgan fingerprint density at radius 3 is 2.75 bits per heavy atom. The van der Waals surface area contributed by atoms with Crippen LogP contribution in [-0.4, -0.2) is 59.3 Å². The van der Waals surface area contributed by atoms with Gasteiger partial charge in [-0.2, -0.15) is 5.10 Å². The van der Waals surface area contributed by atoms with Crippen LogP contribution < -0.4 is 5.32 Å². The van der Waals surface area contributed by atoms with Gasteiger partial charge in [0.15, 0.2) is 17.8 Å². The van der Waals surface area contributed by atoms with Crippen LogP contribution in [0.25, 0.3) is 11.0 Å². The Morgan fingerprint density at radius 1 is 1.33 bits per heavy atom. The van der Waals surface area contributed by atoms with Crippen molar-refractivity contribution in [3.8, 4) is 0 Å². The largest absolute Gasteiger partial charge is 0.388 e. The first kappa shape index (κ1) is 27.1. The molecule has 0 saturated carbocycles. The van der Waals surface area contributed by atoms with Crippen LogP contribution in [0.5, 0.6) is 0 Å². The number of aliphatic hydroxyl groups is 1. The summed E-state index contributed by atoms with van der Waals surface area (Å²) < 4.78 is 49.0. The van der Waals surface area contributed by atoms with Crippen molar-refractivity contribution in [2.24, 2.45) is 0 Å². The van der Waals surface area contributed by atoms with E-state index in [1.165, 1.54) is 16.9 Å². The fraction of sp³-hybridized carbons (Fsp3) is 0.400. The number of hydrogen-bond donors (Lipinski definition) is 5. The van der Waals surface area contributed by atoms with Gasteiger partial charge in [0.2, 0.25) is 0 Å². The number of nitrogens with zero attached hydrogens (tertiary/aromatic N) is 3. The van der Waals surface area contributed by atoms with Crippen LogP contribution in [0.3, 0.4) is 0 Å². The van der Waals surface area contributed by atoms with Crippen LogP contribution in [0.2, 0.25) is 5.15 Å². The van der Waals surface area contributed by atoms with Gasteiger partial charge in [-0.1, -0.05) is 29.8 Å². The molecule has 0 amide bonds. The Balaban J connectivity index is 1.52. The van der Waals surface area contributed by atoms with Gasteiger partial charge in [0.25, 0.3) is 0 Å². The maximum absolute atomic E-state index is 14.2. The molecule has 1 unspecified atom stereocenters. The minimum atomic E-state index is -4.77. The van der Waals surface area contributed by atoms with E-state index >= 15 is 0 Å². The molecule has 36 heavy (non-hydrogen) atoms. The van der Waals surface area contributed by atoms with Gasteiger partial charge in [-0.05, 0) is 19.1 Å². The summed E-state index contributed by atoms with van der Waals surface area (Å²) in [5.41, 5.74) is 1.24. The summed E-state index contributed by atoms with van der Waals surface area (Å²) in [7, 11) is -9.35. The van der Waals surface area contributed by atoms with Gasteiger partial charge >= 0.3 is 15.2 Å². The molecule has 1 saturated heterocycles. The van der Waals surface area contributed by atoms with Gasteiger partial charge in [0.1, 0.15) is 17.1 Å². The number of nitrogens with one attached hydrogen (secondary N) is 1. The molecule has 1 aromatic carbocycles. The van der Waals surface area contributed by atoms with Crippen LogP contribution in [-0.2, 0) is 18.4 Å². The SMILES string of the molecule is C[C@H](Nc1cc(Cl)nc2c1cnn2[C@@H]1O[C@H](COP(=O)(O)CP(=O)(O)O)C[C@H]1O)c1ccccc1F. The third-order valence-electron chi connectivity index (χ3n) is 5.51. The van der Waals surface area contributed by atoms with E-state index in [2.05, 4.69) is 15.4 Å². The van der Waals surface area contributed by atoms with Gasteiger partial charge < -0.3 is 34.4 Å². The van der Waals surface area contributed by atoms with E-state index in [1.54, 1.807) is 31.2 Å². The van der Waals surface area contributed by atoms with Crippen LogP contribution in [0, 0.1) is 5.82 Å². The normalized spacial score (nSPS) is 23.0. The molecule has 0 radical (unpaired) electrons. The first-order valence-electron chi connectivity index (χ1n) is 10.7. The lowest BCUT2D eigenvalue weighted by Crippen LogP contribution is -2.21. The second-order valence-electron chi connectivity index (χ2n) is 8.40. The predicted octanol–water partition coefficient (Wildman–Crippen LogP) is 3.38. The second kappa shape index (κ2) is 10.4. The summed E-state index contributed by atoms with van der Waals surface area (Å²) >= 11 is 6.23. The van der Waals surface area contributed by atoms with Crippen molar-refractivity contribution in [2.45, 2.75) is 37.8 Å². The van der Waals surface area contributed by atoms with Crippen molar-refractivity contribution < 1.29 is 42.6 Å². The molecule has 3 heterocycles. The number of fused-ring (bicyclic) bond motifs is 1. The van der Waals surface area contributed by atoms with Gasteiger partial charge in [-0.15, -0.1) is 0 Å². The van der Waals surface area contributed by atoms with Crippen LogP contribution in [0.1, 0.15) is 31.2 Å². The van der Waals surface area contributed by atoms with E-state index in [-0.39, 0.29) is 23.0 Å². The Bertz CT molecular complexity index is 1350. The summed E-state index contributed by atoms with van der Waals surface area (Å²) in [4.78, 5) is 31.7. The van der Waals surface area contributed by atoms with Crippen LogP contribution in [0.4, 0.5) is 10.1 Å². The number of aliphatic hydroxyl groups excluding tert-OH is 1. The van der Waals surface area contributed by atoms with E-state index in [1.807, 2.05) is 0 Å². The lowest BCUT2D eigenvalue weighted by Gasteiger charge is -2.19. The molecule has 196 valence electrons. The Morgan fingerprint density at radius 2 is 2.06 bits per heavy atom.